The summed E-state index contributed by atoms with van der Waals surface area (Å²) in [6.45, 7) is 0.968. The van der Waals surface area contributed by atoms with Gasteiger partial charge in [0.2, 0.25) is 5.91 Å². The average Bonchev–Trinajstić information content (AvgIpc) is 3.34. The van der Waals surface area contributed by atoms with Crippen molar-refractivity contribution in [1.29, 1.82) is 0 Å². The molecule has 1 atom stereocenters. The lowest BCUT2D eigenvalue weighted by Crippen LogP contribution is -2.25. The Kier molecular flexibility index (Phi) is 7.87. The number of nitrogens with one attached hydrogen (secondary N) is 1. The first kappa shape index (κ1) is 26.0. The number of ether oxygens (including phenoxy) is 2. The lowest BCUT2D eigenvalue weighted by molar-refractivity contribution is -0.121. The van der Waals surface area contributed by atoms with Gasteiger partial charge in [0.1, 0.15) is 17.3 Å². The Balaban J connectivity index is 1.54. The van der Waals surface area contributed by atoms with Crippen molar-refractivity contribution in [3.63, 3.8) is 0 Å². The molecule has 0 aliphatic carbocycles. The minimum atomic E-state index is -0.276. The topological polar surface area (TPSA) is 65.4 Å². The van der Waals surface area contributed by atoms with E-state index in [4.69, 9.17) is 9.47 Å². The number of methoxy groups -OCH3 is 2. The van der Waals surface area contributed by atoms with Crippen LogP contribution in [0.3, 0.4) is 0 Å². The second-order valence-electron chi connectivity index (χ2n) is 9.40. The Morgan fingerprint density at radius 1 is 0.949 bits per heavy atom. The van der Waals surface area contributed by atoms with Crippen LogP contribution in [-0.4, -0.2) is 29.7 Å². The van der Waals surface area contributed by atoms with E-state index in [9.17, 15) is 9.18 Å². The molecular formula is C32H30FN3O3. The number of carbonyl (C=O) groups is 1. The number of nitrogens with zero attached hydrogens (tertiary/aromatic N) is 2. The molecule has 0 saturated heterocycles. The van der Waals surface area contributed by atoms with Gasteiger partial charge in [0.05, 0.1) is 14.2 Å². The summed E-state index contributed by atoms with van der Waals surface area (Å²) in [6, 6.07) is 24.2. The van der Waals surface area contributed by atoms with Crippen LogP contribution in [0.2, 0.25) is 0 Å². The summed E-state index contributed by atoms with van der Waals surface area (Å²) in [6.07, 6.45) is 5.77. The molecule has 7 heteroatoms. The van der Waals surface area contributed by atoms with Gasteiger partial charge in [-0.25, -0.2) is 4.39 Å². The van der Waals surface area contributed by atoms with E-state index in [1.807, 2.05) is 42.5 Å². The van der Waals surface area contributed by atoms with Crippen molar-refractivity contribution in [2.75, 3.05) is 14.2 Å². The van der Waals surface area contributed by atoms with Crippen molar-refractivity contribution in [3.8, 4) is 11.5 Å². The van der Waals surface area contributed by atoms with E-state index in [1.54, 1.807) is 38.7 Å². The molecule has 2 aromatic heterocycles. The molecule has 3 aromatic carbocycles. The molecule has 1 amide bonds. The number of carbonyl (C=O) groups excluding carboxylic acids is 1. The molecule has 5 aromatic rings. The highest BCUT2D eigenvalue weighted by Gasteiger charge is 2.24. The van der Waals surface area contributed by atoms with E-state index in [0.717, 1.165) is 33.2 Å². The van der Waals surface area contributed by atoms with Gasteiger partial charge in [-0.15, -0.1) is 0 Å². The second-order valence-corrected chi connectivity index (χ2v) is 9.40. The molecule has 0 aliphatic heterocycles. The van der Waals surface area contributed by atoms with E-state index >= 15 is 0 Å². The van der Waals surface area contributed by atoms with Crippen LogP contribution < -0.4 is 14.8 Å². The molecule has 0 saturated carbocycles. The number of hydrogen-bond donors (Lipinski definition) is 1. The summed E-state index contributed by atoms with van der Waals surface area (Å²) in [4.78, 5) is 17.4. The van der Waals surface area contributed by atoms with Crippen LogP contribution >= 0.6 is 0 Å². The van der Waals surface area contributed by atoms with E-state index in [2.05, 4.69) is 33.2 Å². The van der Waals surface area contributed by atoms with Crippen molar-refractivity contribution in [1.82, 2.24) is 14.9 Å². The molecule has 2 heterocycles. The van der Waals surface area contributed by atoms with Gasteiger partial charge in [0.15, 0.2) is 0 Å². The first-order valence-electron chi connectivity index (χ1n) is 12.7. The molecule has 5 rings (SSSR count). The van der Waals surface area contributed by atoms with E-state index < -0.39 is 0 Å². The molecule has 6 nitrogen and oxygen atoms in total. The van der Waals surface area contributed by atoms with Gasteiger partial charge in [-0.1, -0.05) is 36.4 Å². The fourth-order valence-electron chi connectivity index (χ4n) is 4.87. The Labute approximate surface area is 227 Å². The van der Waals surface area contributed by atoms with Crippen molar-refractivity contribution in [3.05, 3.63) is 126 Å². The summed E-state index contributed by atoms with van der Waals surface area (Å²) < 4.78 is 26.8. The summed E-state index contributed by atoms with van der Waals surface area (Å²) in [5.41, 5.74) is 4.87. The molecule has 0 aliphatic rings. The molecule has 0 spiro atoms. The maximum Gasteiger partial charge on any atom is 0.221 e. The van der Waals surface area contributed by atoms with Crippen molar-refractivity contribution in [2.45, 2.75) is 25.4 Å². The summed E-state index contributed by atoms with van der Waals surface area (Å²) in [5.74, 6) is 0.685. The average molecular weight is 524 g/mol. The first-order chi connectivity index (χ1) is 19.0. The van der Waals surface area contributed by atoms with Crippen LogP contribution in [0.15, 0.2) is 97.5 Å². The van der Waals surface area contributed by atoms with Crippen LogP contribution in [0, 0.1) is 5.82 Å². The molecule has 0 radical (unpaired) electrons. The zero-order valence-corrected chi connectivity index (χ0v) is 21.9. The molecule has 0 unspecified atom stereocenters. The zero-order chi connectivity index (χ0) is 27.2. The van der Waals surface area contributed by atoms with E-state index in [1.165, 1.54) is 12.1 Å². The molecule has 198 valence electrons. The van der Waals surface area contributed by atoms with Gasteiger partial charge in [-0.2, -0.15) is 0 Å². The standard InChI is InChI=1S/C32H30FN3O3/c1-38-26-14-24(15-27(16-26)39-2)29(17-32(37)35-19-23-6-5-13-34-18-23)30-21-36(31-8-4-3-7-28(30)31)20-22-9-11-25(33)12-10-22/h3-16,18,21,29H,17,19-20H2,1-2H3,(H,35,37)/t29-/m1/s1. The van der Waals surface area contributed by atoms with E-state index in [-0.39, 0.29) is 24.1 Å². The van der Waals surface area contributed by atoms with Crippen molar-refractivity contribution in [2.24, 2.45) is 0 Å². The smallest absolute Gasteiger partial charge is 0.221 e. The molecule has 39 heavy (non-hydrogen) atoms. The number of aromatic nitrogens is 2. The van der Waals surface area contributed by atoms with Gasteiger partial charge in [0.25, 0.3) is 0 Å². The minimum Gasteiger partial charge on any atom is -0.497 e. The van der Waals surface area contributed by atoms with Gasteiger partial charge in [0, 0.05) is 61.0 Å². The zero-order valence-electron chi connectivity index (χ0n) is 21.9. The molecular weight excluding hydrogens is 493 g/mol. The van der Waals surface area contributed by atoms with Crippen LogP contribution in [0.4, 0.5) is 4.39 Å². The quantitative estimate of drug-likeness (QED) is 0.241. The lowest BCUT2D eigenvalue weighted by Gasteiger charge is -2.19. The van der Waals surface area contributed by atoms with Crippen molar-refractivity contribution >= 4 is 16.8 Å². The van der Waals surface area contributed by atoms with Gasteiger partial charge in [-0.3, -0.25) is 9.78 Å². The van der Waals surface area contributed by atoms with Crippen LogP contribution in [0.25, 0.3) is 10.9 Å². The number of para-hydroxylation sites is 1. The van der Waals surface area contributed by atoms with Gasteiger partial charge in [-0.05, 0) is 58.7 Å². The van der Waals surface area contributed by atoms with E-state index in [0.29, 0.717) is 24.6 Å². The first-order valence-corrected chi connectivity index (χ1v) is 12.7. The third kappa shape index (κ3) is 6.09. The largest absolute Gasteiger partial charge is 0.497 e. The highest BCUT2D eigenvalue weighted by atomic mass is 19.1. The predicted molar refractivity (Wildman–Crippen MR) is 150 cm³/mol. The summed E-state index contributed by atoms with van der Waals surface area (Å²) >= 11 is 0. The van der Waals surface area contributed by atoms with Crippen LogP contribution in [0.5, 0.6) is 11.5 Å². The predicted octanol–water partition coefficient (Wildman–Crippen LogP) is 6.08. The van der Waals surface area contributed by atoms with Crippen molar-refractivity contribution < 1.29 is 18.7 Å². The monoisotopic (exact) mass is 523 g/mol. The highest BCUT2D eigenvalue weighted by Crippen LogP contribution is 2.38. The third-order valence-electron chi connectivity index (χ3n) is 6.84. The lowest BCUT2D eigenvalue weighted by atomic mass is 9.87. The number of rotatable bonds is 10. The minimum absolute atomic E-state index is 0.0824. The Morgan fingerprint density at radius 3 is 2.38 bits per heavy atom. The fourth-order valence-corrected chi connectivity index (χ4v) is 4.87. The third-order valence-corrected chi connectivity index (χ3v) is 6.84. The second kappa shape index (κ2) is 11.8. The fraction of sp³-hybridized carbons (Fsp3) is 0.188. The normalized spacial score (nSPS) is 11.8. The molecule has 0 bridgehead atoms. The summed E-state index contributed by atoms with van der Waals surface area (Å²) in [7, 11) is 3.23. The maximum atomic E-state index is 13.5. The molecule has 1 N–H and O–H groups in total. The number of hydrogen-bond acceptors (Lipinski definition) is 4. The Bertz CT molecular complexity index is 1540. The number of fused-ring (bicyclic) bond motifs is 1. The molecule has 0 fully saturated rings. The van der Waals surface area contributed by atoms with Gasteiger partial charge >= 0.3 is 0 Å². The SMILES string of the molecule is COc1cc(OC)cc([C@@H](CC(=O)NCc2cccnc2)c2cn(Cc3ccc(F)cc3)c3ccccc23)c1. The summed E-state index contributed by atoms with van der Waals surface area (Å²) in [5, 5.41) is 4.09. The van der Waals surface area contributed by atoms with Crippen LogP contribution in [0.1, 0.15) is 34.6 Å². The number of halogens is 1. The van der Waals surface area contributed by atoms with Gasteiger partial charge < -0.3 is 19.4 Å². The van der Waals surface area contributed by atoms with Crippen LogP contribution in [-0.2, 0) is 17.9 Å². The number of amides is 1. The number of benzene rings is 3. The number of pyridine rings is 1. The Morgan fingerprint density at radius 2 is 1.69 bits per heavy atom. The maximum absolute atomic E-state index is 13.5. The highest BCUT2D eigenvalue weighted by molar-refractivity contribution is 5.87. The Hall–Kier alpha value is -4.65.